The van der Waals surface area contributed by atoms with Crippen LogP contribution in [-0.2, 0) is 4.79 Å². The average molecular weight is 607 g/mol. The SMILES string of the molecule is CCC(C)(C)C(=O)Nc1cc(F)cc(C(=O)N2CCN(C(=O)c3ccc(O[C@H]4CCN(C)C4)c(C4CCCCC4)c3)CC2)c1. The van der Waals surface area contributed by atoms with Gasteiger partial charge >= 0.3 is 0 Å². The molecule has 3 fully saturated rings. The van der Waals surface area contributed by atoms with Gasteiger partial charge in [-0.1, -0.05) is 40.0 Å². The number of amides is 3. The van der Waals surface area contributed by atoms with Crippen molar-refractivity contribution in [1.82, 2.24) is 14.7 Å². The third kappa shape index (κ3) is 7.42. The predicted octanol–water partition coefficient (Wildman–Crippen LogP) is 5.93. The first-order valence-electron chi connectivity index (χ1n) is 16.2. The molecule has 2 aromatic rings. The molecule has 2 aliphatic heterocycles. The van der Waals surface area contributed by atoms with E-state index in [1.54, 1.807) is 9.80 Å². The molecule has 44 heavy (non-hydrogen) atoms. The Bertz CT molecular complexity index is 1360. The largest absolute Gasteiger partial charge is 0.489 e. The molecule has 8 nitrogen and oxygen atoms in total. The summed E-state index contributed by atoms with van der Waals surface area (Å²) < 4.78 is 21.0. The molecular weight excluding hydrogens is 559 g/mol. The van der Waals surface area contributed by atoms with E-state index >= 15 is 0 Å². The summed E-state index contributed by atoms with van der Waals surface area (Å²) in [5.74, 6) is 0.127. The number of piperazine rings is 1. The number of halogens is 1. The van der Waals surface area contributed by atoms with Gasteiger partial charge in [-0.05, 0) is 80.6 Å². The van der Waals surface area contributed by atoms with E-state index in [0.29, 0.717) is 44.1 Å². The van der Waals surface area contributed by atoms with E-state index in [-0.39, 0.29) is 35.1 Å². The number of nitrogens with zero attached hydrogens (tertiary/aromatic N) is 3. The molecule has 1 aliphatic carbocycles. The van der Waals surface area contributed by atoms with E-state index in [0.717, 1.165) is 43.7 Å². The zero-order chi connectivity index (χ0) is 31.4. The van der Waals surface area contributed by atoms with E-state index in [2.05, 4.69) is 17.3 Å². The first kappa shape index (κ1) is 31.9. The van der Waals surface area contributed by atoms with Crippen LogP contribution in [0.2, 0.25) is 0 Å². The fraction of sp³-hybridized carbons (Fsp3) is 0.571. The molecule has 3 aliphatic rings. The molecule has 2 saturated heterocycles. The van der Waals surface area contributed by atoms with Gasteiger partial charge in [0.1, 0.15) is 17.7 Å². The van der Waals surface area contributed by atoms with Crippen molar-refractivity contribution in [2.24, 2.45) is 5.41 Å². The van der Waals surface area contributed by atoms with E-state index in [9.17, 15) is 18.8 Å². The monoisotopic (exact) mass is 606 g/mol. The quantitative estimate of drug-likeness (QED) is 0.403. The predicted molar refractivity (Wildman–Crippen MR) is 170 cm³/mol. The van der Waals surface area contributed by atoms with Crippen LogP contribution in [0.3, 0.4) is 0 Å². The lowest BCUT2D eigenvalue weighted by Gasteiger charge is -2.35. The Morgan fingerprint density at radius 1 is 0.886 bits per heavy atom. The van der Waals surface area contributed by atoms with Gasteiger partial charge in [0.15, 0.2) is 0 Å². The molecular formula is C35H47FN4O4. The minimum Gasteiger partial charge on any atom is -0.489 e. The molecule has 0 spiro atoms. The van der Waals surface area contributed by atoms with Crippen molar-refractivity contribution < 1.29 is 23.5 Å². The second-order valence-electron chi connectivity index (χ2n) is 13.4. The number of benzene rings is 2. The highest BCUT2D eigenvalue weighted by Gasteiger charge is 2.30. The summed E-state index contributed by atoms with van der Waals surface area (Å²) in [5, 5.41) is 2.75. The van der Waals surface area contributed by atoms with Gasteiger partial charge in [0, 0.05) is 61.5 Å². The number of likely N-dealkylation sites (tertiary alicyclic amines) is 1. The number of carbonyl (C=O) groups is 3. The zero-order valence-corrected chi connectivity index (χ0v) is 26.7. The normalized spacial score (nSPS) is 20.1. The van der Waals surface area contributed by atoms with Gasteiger partial charge in [-0.2, -0.15) is 0 Å². The van der Waals surface area contributed by atoms with Gasteiger partial charge < -0.3 is 24.8 Å². The number of carbonyl (C=O) groups excluding carboxylic acids is 3. The maximum absolute atomic E-state index is 14.5. The fourth-order valence-corrected chi connectivity index (χ4v) is 6.42. The summed E-state index contributed by atoms with van der Waals surface area (Å²) >= 11 is 0. The smallest absolute Gasteiger partial charge is 0.254 e. The van der Waals surface area contributed by atoms with Crippen LogP contribution in [0.25, 0.3) is 0 Å². The minimum atomic E-state index is -0.614. The van der Waals surface area contributed by atoms with Crippen LogP contribution in [0.1, 0.15) is 97.9 Å². The lowest BCUT2D eigenvalue weighted by atomic mass is 9.83. The van der Waals surface area contributed by atoms with Gasteiger partial charge in [-0.15, -0.1) is 0 Å². The molecule has 9 heteroatoms. The first-order chi connectivity index (χ1) is 21.0. The maximum atomic E-state index is 14.5. The number of nitrogens with one attached hydrogen (secondary N) is 1. The van der Waals surface area contributed by atoms with Crippen LogP contribution in [0.4, 0.5) is 10.1 Å². The van der Waals surface area contributed by atoms with Gasteiger partial charge in [-0.25, -0.2) is 4.39 Å². The third-order valence-corrected chi connectivity index (χ3v) is 9.70. The molecule has 2 aromatic carbocycles. The molecule has 1 atom stereocenters. The van der Waals surface area contributed by atoms with Crippen LogP contribution in [0.15, 0.2) is 36.4 Å². The molecule has 2 heterocycles. The van der Waals surface area contributed by atoms with Gasteiger partial charge in [0.05, 0.1) is 0 Å². The molecule has 0 radical (unpaired) electrons. The Morgan fingerprint density at radius 3 is 2.16 bits per heavy atom. The first-order valence-corrected chi connectivity index (χ1v) is 16.2. The third-order valence-electron chi connectivity index (χ3n) is 9.70. The maximum Gasteiger partial charge on any atom is 0.254 e. The van der Waals surface area contributed by atoms with Crippen molar-refractivity contribution in [3.8, 4) is 5.75 Å². The second-order valence-corrected chi connectivity index (χ2v) is 13.4. The topological polar surface area (TPSA) is 82.2 Å². The number of anilines is 1. The molecule has 5 rings (SSSR count). The lowest BCUT2D eigenvalue weighted by molar-refractivity contribution is -0.124. The Balaban J connectivity index is 1.24. The van der Waals surface area contributed by atoms with Crippen LogP contribution >= 0.6 is 0 Å². The highest BCUT2D eigenvalue weighted by atomic mass is 19.1. The highest BCUT2D eigenvalue weighted by molar-refractivity contribution is 5.99. The summed E-state index contributed by atoms with van der Waals surface area (Å²) in [6, 6.07) is 9.85. The van der Waals surface area contributed by atoms with E-state index < -0.39 is 11.2 Å². The average Bonchev–Trinajstić information content (AvgIpc) is 3.44. The van der Waals surface area contributed by atoms with E-state index in [1.807, 2.05) is 39.0 Å². The number of rotatable bonds is 8. The van der Waals surface area contributed by atoms with Crippen molar-refractivity contribution in [2.45, 2.75) is 77.7 Å². The van der Waals surface area contributed by atoms with Gasteiger partial charge in [0.25, 0.3) is 11.8 Å². The zero-order valence-electron chi connectivity index (χ0n) is 26.7. The fourth-order valence-electron chi connectivity index (χ4n) is 6.42. The van der Waals surface area contributed by atoms with Crippen molar-refractivity contribution in [3.05, 3.63) is 58.9 Å². The molecule has 1 saturated carbocycles. The standard InChI is InChI=1S/C35H47FN4O4/c1-5-35(2,3)34(43)37-28-20-26(19-27(36)22-28)33(42)40-17-15-39(16-18-40)32(41)25-11-12-31(44-29-13-14-38(4)23-29)30(21-25)24-9-7-6-8-10-24/h11-12,19-22,24,29H,5-10,13-18,23H2,1-4H3,(H,37,43)/t29-/m0/s1. The Morgan fingerprint density at radius 2 is 1.55 bits per heavy atom. The molecule has 1 N–H and O–H groups in total. The molecule has 0 aromatic heterocycles. The lowest BCUT2D eigenvalue weighted by Crippen LogP contribution is -2.50. The van der Waals surface area contributed by atoms with Gasteiger partial charge in [-0.3, -0.25) is 14.4 Å². The Hall–Kier alpha value is -3.46. The summed E-state index contributed by atoms with van der Waals surface area (Å²) in [4.78, 5) is 45.3. The van der Waals surface area contributed by atoms with Crippen molar-refractivity contribution in [2.75, 3.05) is 51.6 Å². The number of likely N-dealkylation sites (N-methyl/N-ethyl adjacent to an activating group) is 1. The summed E-state index contributed by atoms with van der Waals surface area (Å²) in [7, 11) is 2.12. The van der Waals surface area contributed by atoms with Crippen LogP contribution in [0, 0.1) is 11.2 Å². The van der Waals surface area contributed by atoms with Crippen molar-refractivity contribution in [1.29, 1.82) is 0 Å². The number of hydrogen-bond donors (Lipinski definition) is 1. The van der Waals surface area contributed by atoms with Crippen LogP contribution in [-0.4, -0.2) is 84.8 Å². The minimum absolute atomic E-state index is 0.0457. The highest BCUT2D eigenvalue weighted by Crippen LogP contribution is 2.39. The number of hydrogen-bond acceptors (Lipinski definition) is 5. The summed E-state index contributed by atoms with van der Waals surface area (Å²) in [5.41, 5.74) is 1.62. The Kier molecular flexibility index (Phi) is 9.93. The van der Waals surface area contributed by atoms with Crippen molar-refractivity contribution in [3.63, 3.8) is 0 Å². The van der Waals surface area contributed by atoms with Crippen LogP contribution in [0.5, 0.6) is 5.75 Å². The van der Waals surface area contributed by atoms with E-state index in [4.69, 9.17) is 4.74 Å². The summed E-state index contributed by atoms with van der Waals surface area (Å²) in [6.45, 7) is 8.97. The van der Waals surface area contributed by atoms with Crippen LogP contribution < -0.4 is 10.1 Å². The van der Waals surface area contributed by atoms with Gasteiger partial charge in [0.2, 0.25) is 5.91 Å². The molecule has 0 unspecified atom stereocenters. The van der Waals surface area contributed by atoms with E-state index in [1.165, 1.54) is 37.5 Å². The second kappa shape index (κ2) is 13.7. The Labute approximate surface area is 260 Å². The molecule has 0 bridgehead atoms. The number of ether oxygens (including phenoxy) is 1. The summed E-state index contributed by atoms with van der Waals surface area (Å²) in [6.07, 6.45) is 7.67. The molecule has 3 amide bonds. The van der Waals surface area contributed by atoms with Crippen molar-refractivity contribution >= 4 is 23.4 Å². The molecule has 238 valence electrons.